The first-order chi connectivity index (χ1) is 9.58. The van der Waals surface area contributed by atoms with E-state index in [9.17, 15) is 15.0 Å². The number of fused-ring (bicyclic) bond motifs is 1. The number of amides is 1. The molecule has 2 heterocycles. The highest BCUT2D eigenvalue weighted by Gasteiger charge is 2.34. The van der Waals surface area contributed by atoms with Gasteiger partial charge in [-0.1, -0.05) is 13.3 Å². The van der Waals surface area contributed by atoms with Gasteiger partial charge in [0.15, 0.2) is 0 Å². The lowest BCUT2D eigenvalue weighted by atomic mass is 9.87. The van der Waals surface area contributed by atoms with Crippen molar-refractivity contribution < 1.29 is 15.0 Å². The molecule has 0 radical (unpaired) electrons. The maximum absolute atomic E-state index is 12.4. The number of likely N-dealkylation sites (tertiary alicyclic amines) is 1. The van der Waals surface area contributed by atoms with E-state index < -0.39 is 12.2 Å². The van der Waals surface area contributed by atoms with Crippen LogP contribution in [-0.2, 0) is 12.8 Å². The molecule has 1 aromatic heterocycles. The predicted molar refractivity (Wildman–Crippen MR) is 78.0 cm³/mol. The van der Waals surface area contributed by atoms with E-state index in [1.807, 2.05) is 6.07 Å². The van der Waals surface area contributed by atoms with Crippen molar-refractivity contribution in [1.82, 2.24) is 4.90 Å². The maximum atomic E-state index is 12.4. The van der Waals surface area contributed by atoms with Gasteiger partial charge in [0, 0.05) is 18.0 Å². The molecule has 0 saturated carbocycles. The molecule has 5 heteroatoms. The summed E-state index contributed by atoms with van der Waals surface area (Å²) in [4.78, 5) is 16.1. The van der Waals surface area contributed by atoms with Gasteiger partial charge in [-0.05, 0) is 36.8 Å². The molecule has 110 valence electrons. The van der Waals surface area contributed by atoms with Crippen LogP contribution >= 0.6 is 11.3 Å². The standard InChI is InChI=1S/C15H21NO3S/c1-2-9-3-4-13-10(5-9)6-14(20-13)15(19)16-7-11(17)12(18)8-16/h6,9,11-12,17-18H,2-5,7-8H2,1H3. The molecule has 1 aliphatic carbocycles. The summed E-state index contributed by atoms with van der Waals surface area (Å²) in [5, 5.41) is 19.1. The number of carbonyl (C=O) groups excluding carboxylic acids is 1. The molecular weight excluding hydrogens is 274 g/mol. The predicted octanol–water partition coefficient (Wildman–Crippen LogP) is 1.44. The third kappa shape index (κ3) is 2.50. The fourth-order valence-electron chi connectivity index (χ4n) is 3.14. The largest absolute Gasteiger partial charge is 0.388 e. The Morgan fingerprint density at radius 1 is 1.40 bits per heavy atom. The fraction of sp³-hybridized carbons (Fsp3) is 0.667. The van der Waals surface area contributed by atoms with Gasteiger partial charge in [-0.25, -0.2) is 0 Å². The van der Waals surface area contributed by atoms with E-state index >= 15 is 0 Å². The first-order valence-electron chi connectivity index (χ1n) is 7.35. The smallest absolute Gasteiger partial charge is 0.264 e. The van der Waals surface area contributed by atoms with E-state index in [2.05, 4.69) is 6.92 Å². The van der Waals surface area contributed by atoms with E-state index in [1.165, 1.54) is 23.3 Å². The molecule has 20 heavy (non-hydrogen) atoms. The summed E-state index contributed by atoms with van der Waals surface area (Å²) >= 11 is 1.59. The summed E-state index contributed by atoms with van der Waals surface area (Å²) in [6.45, 7) is 2.70. The Hall–Kier alpha value is -0.910. The van der Waals surface area contributed by atoms with Crippen molar-refractivity contribution in [1.29, 1.82) is 0 Å². The number of nitrogens with zero attached hydrogens (tertiary/aromatic N) is 1. The number of carbonyl (C=O) groups is 1. The maximum Gasteiger partial charge on any atom is 0.264 e. The van der Waals surface area contributed by atoms with Crippen LogP contribution in [0.1, 0.15) is 39.9 Å². The second-order valence-electron chi connectivity index (χ2n) is 5.92. The Morgan fingerprint density at radius 3 is 2.75 bits per heavy atom. The normalized spacial score (nSPS) is 29.6. The van der Waals surface area contributed by atoms with Crippen molar-refractivity contribution in [2.75, 3.05) is 13.1 Å². The molecule has 0 bridgehead atoms. The van der Waals surface area contributed by atoms with E-state index in [4.69, 9.17) is 0 Å². The molecule has 1 fully saturated rings. The van der Waals surface area contributed by atoms with Gasteiger partial charge in [0.2, 0.25) is 0 Å². The van der Waals surface area contributed by atoms with Crippen LogP contribution in [0.2, 0.25) is 0 Å². The highest BCUT2D eigenvalue weighted by atomic mass is 32.1. The molecular formula is C15H21NO3S. The van der Waals surface area contributed by atoms with Crippen LogP contribution in [0.25, 0.3) is 0 Å². The first-order valence-corrected chi connectivity index (χ1v) is 8.17. The number of rotatable bonds is 2. The number of hydrogen-bond acceptors (Lipinski definition) is 4. The SMILES string of the molecule is CCC1CCc2sc(C(=O)N3CC(O)C(O)C3)cc2C1. The summed E-state index contributed by atoms with van der Waals surface area (Å²) in [6.07, 6.45) is 2.97. The highest BCUT2D eigenvalue weighted by molar-refractivity contribution is 7.14. The Bertz CT molecular complexity index is 503. The van der Waals surface area contributed by atoms with Gasteiger partial charge in [-0.2, -0.15) is 0 Å². The van der Waals surface area contributed by atoms with Gasteiger partial charge in [0.05, 0.1) is 17.1 Å². The summed E-state index contributed by atoms with van der Waals surface area (Å²) in [6, 6.07) is 2.03. The molecule has 1 aromatic rings. The van der Waals surface area contributed by atoms with E-state index in [-0.39, 0.29) is 19.0 Å². The van der Waals surface area contributed by atoms with Gasteiger partial charge in [-0.3, -0.25) is 4.79 Å². The van der Waals surface area contributed by atoms with E-state index in [0.717, 1.165) is 23.6 Å². The third-order valence-electron chi connectivity index (χ3n) is 4.52. The monoisotopic (exact) mass is 295 g/mol. The van der Waals surface area contributed by atoms with Crippen LogP contribution in [0.15, 0.2) is 6.07 Å². The quantitative estimate of drug-likeness (QED) is 0.868. The highest BCUT2D eigenvalue weighted by Crippen LogP contribution is 2.34. The zero-order chi connectivity index (χ0) is 14.3. The Morgan fingerprint density at radius 2 is 2.10 bits per heavy atom. The topological polar surface area (TPSA) is 60.8 Å². The molecule has 2 N–H and O–H groups in total. The van der Waals surface area contributed by atoms with Crippen molar-refractivity contribution >= 4 is 17.2 Å². The van der Waals surface area contributed by atoms with Crippen LogP contribution < -0.4 is 0 Å². The van der Waals surface area contributed by atoms with Crippen LogP contribution in [0, 0.1) is 5.92 Å². The molecule has 1 saturated heterocycles. The summed E-state index contributed by atoms with van der Waals surface area (Å²) in [5.41, 5.74) is 1.33. The molecule has 0 spiro atoms. The number of aryl methyl sites for hydroxylation is 1. The minimum atomic E-state index is -0.807. The molecule has 2 aliphatic rings. The minimum Gasteiger partial charge on any atom is -0.388 e. The zero-order valence-corrected chi connectivity index (χ0v) is 12.5. The van der Waals surface area contributed by atoms with Crippen molar-refractivity contribution in [2.45, 2.75) is 44.8 Å². The number of β-amino-alcohol motifs (C(OH)–C–C–N with tert-alkyl or cyclic N) is 2. The lowest BCUT2D eigenvalue weighted by Crippen LogP contribution is -2.29. The van der Waals surface area contributed by atoms with Gasteiger partial charge in [0.25, 0.3) is 5.91 Å². The van der Waals surface area contributed by atoms with Crippen LogP contribution in [0.4, 0.5) is 0 Å². The zero-order valence-electron chi connectivity index (χ0n) is 11.7. The van der Waals surface area contributed by atoms with Crippen molar-refractivity contribution in [3.05, 3.63) is 21.4 Å². The number of hydrogen-bond donors (Lipinski definition) is 2. The lowest BCUT2D eigenvalue weighted by Gasteiger charge is -2.19. The lowest BCUT2D eigenvalue weighted by molar-refractivity contribution is 0.0572. The molecule has 3 rings (SSSR count). The summed E-state index contributed by atoms with van der Waals surface area (Å²) in [7, 11) is 0. The van der Waals surface area contributed by atoms with Crippen molar-refractivity contribution in [2.24, 2.45) is 5.92 Å². The molecule has 1 amide bonds. The van der Waals surface area contributed by atoms with Gasteiger partial charge in [-0.15, -0.1) is 11.3 Å². The van der Waals surface area contributed by atoms with Crippen LogP contribution in [0.5, 0.6) is 0 Å². The van der Waals surface area contributed by atoms with Crippen LogP contribution in [0.3, 0.4) is 0 Å². The minimum absolute atomic E-state index is 0.0481. The number of aliphatic hydroxyl groups excluding tert-OH is 2. The third-order valence-corrected chi connectivity index (χ3v) is 5.74. The summed E-state index contributed by atoms with van der Waals surface area (Å²) < 4.78 is 0. The Kier molecular flexibility index (Phi) is 3.84. The molecule has 3 unspecified atom stereocenters. The Balaban J connectivity index is 1.75. The van der Waals surface area contributed by atoms with Gasteiger partial charge < -0.3 is 15.1 Å². The van der Waals surface area contributed by atoms with Crippen molar-refractivity contribution in [3.8, 4) is 0 Å². The average Bonchev–Trinajstić information content (AvgIpc) is 3.01. The molecule has 0 aromatic carbocycles. The number of aliphatic hydroxyl groups is 2. The molecule has 1 aliphatic heterocycles. The van der Waals surface area contributed by atoms with E-state index in [1.54, 1.807) is 16.2 Å². The van der Waals surface area contributed by atoms with E-state index in [0.29, 0.717) is 0 Å². The van der Waals surface area contributed by atoms with Gasteiger partial charge in [0.1, 0.15) is 0 Å². The van der Waals surface area contributed by atoms with Gasteiger partial charge >= 0.3 is 0 Å². The first kappa shape index (κ1) is 14.0. The molecule has 3 atom stereocenters. The second-order valence-corrected chi connectivity index (χ2v) is 7.06. The van der Waals surface area contributed by atoms with Crippen LogP contribution in [-0.4, -0.2) is 46.3 Å². The summed E-state index contributed by atoms with van der Waals surface area (Å²) in [5.74, 6) is 0.698. The average molecular weight is 295 g/mol. The fourth-order valence-corrected chi connectivity index (χ4v) is 4.32. The molecule has 4 nitrogen and oxygen atoms in total. The second kappa shape index (κ2) is 5.47. The van der Waals surface area contributed by atoms with Crippen molar-refractivity contribution in [3.63, 3.8) is 0 Å². The Labute approximate surface area is 123 Å². The number of thiophene rings is 1.